The second kappa shape index (κ2) is 41.9. The number of alkyl halides is 3. The molecule has 0 N–H and O–H groups in total. The van der Waals surface area contributed by atoms with Gasteiger partial charge in [0.15, 0.2) is 0 Å². The molecule has 0 aliphatic carbocycles. The van der Waals surface area contributed by atoms with Crippen LogP contribution in [0.25, 0.3) is 147 Å². The molecule has 0 spiro atoms. The molecule has 0 amide bonds. The van der Waals surface area contributed by atoms with Crippen molar-refractivity contribution in [1.29, 1.82) is 5.26 Å². The predicted molar refractivity (Wildman–Crippen MR) is 492 cm³/mol. The molecule has 8 aromatic carbocycles. The van der Waals surface area contributed by atoms with Gasteiger partial charge in [0, 0.05) is 91.7 Å². The van der Waals surface area contributed by atoms with Crippen LogP contribution in [0.3, 0.4) is 0 Å². The molecular weight excluding hydrogens is 1750 g/mol. The minimum absolute atomic E-state index is 0.0392. The largest absolute Gasteiger partial charge is 0.496 e. The van der Waals surface area contributed by atoms with Gasteiger partial charge in [0.05, 0.1) is 63.3 Å². The molecule has 35 heteroatoms. The summed E-state index contributed by atoms with van der Waals surface area (Å²) < 4.78 is 100. The van der Waals surface area contributed by atoms with E-state index in [1.807, 2.05) is 187 Å². The van der Waals surface area contributed by atoms with Gasteiger partial charge in [-0.1, -0.05) is 139 Å². The van der Waals surface area contributed by atoms with Gasteiger partial charge in [0.2, 0.25) is 34.9 Å². The number of halogens is 5. The first-order valence-electron chi connectivity index (χ1n) is 40.4. The molecule has 0 aliphatic rings. The van der Waals surface area contributed by atoms with E-state index in [1.165, 1.54) is 29.1 Å². The Hall–Kier alpha value is -15.9. The average Bonchev–Trinajstić information content (AvgIpc) is 1.65. The number of thiophene rings is 1. The number of rotatable bonds is 18. The van der Waals surface area contributed by atoms with Crippen LogP contribution in [0.4, 0.5) is 13.2 Å². The SMILES string of the molecule is CCn1nc(C)cc1-c1nc(-c2ccc(C)c(OC)c2)no1.COc1cc(-c2noc(-c3cc(Cl)nc(Cl)c3)n2)ccc1C.COc1cc(-c2noc(-c3cc4ccccc4s3)n2)ccc1C.COc1cc(-c2noc(-c3ccc(C#N)c(C)c3)n2)ccc1C.COc1cc(-c2noc(-c3ccncc3)n2)ccc1C.Cc1ccc(-c2nc(-c3ccncc3)no2)cc1C(F)(F)F. The molecule has 0 saturated carbocycles. The van der Waals surface area contributed by atoms with E-state index in [0.717, 1.165) is 130 Å². The van der Waals surface area contributed by atoms with E-state index in [4.69, 9.17) is 79.3 Å². The van der Waals surface area contributed by atoms with E-state index in [1.54, 1.807) is 108 Å². The van der Waals surface area contributed by atoms with Gasteiger partial charge in [-0.3, -0.25) is 14.6 Å². The minimum atomic E-state index is -4.42. The summed E-state index contributed by atoms with van der Waals surface area (Å²) in [5, 5.41) is 39.1. The summed E-state index contributed by atoms with van der Waals surface area (Å²) in [7, 11) is 8.20. The topological polar surface area (TPSA) is 360 Å². The van der Waals surface area contributed by atoms with Crippen molar-refractivity contribution in [2.45, 2.75) is 75.0 Å². The number of aryl methyl sites for hydroxylation is 9. The van der Waals surface area contributed by atoms with Gasteiger partial charge in [-0.2, -0.15) is 53.4 Å². The molecule has 0 fully saturated rings. The number of aromatic nitrogens is 17. The summed E-state index contributed by atoms with van der Waals surface area (Å²) in [5.74, 6) is 9.13. The average molecular weight is 1830 g/mol. The fourth-order valence-electron chi connectivity index (χ4n) is 13.1. The molecule has 0 saturated heterocycles. The molecule has 11 heterocycles. The quantitative estimate of drug-likeness (QED) is 0.0720. The van der Waals surface area contributed by atoms with Crippen LogP contribution in [0.5, 0.6) is 28.7 Å². The van der Waals surface area contributed by atoms with Crippen molar-refractivity contribution in [2.75, 3.05) is 35.5 Å². The normalized spacial score (nSPS) is 10.9. The Kier molecular flexibility index (Phi) is 29.3. The first kappa shape index (κ1) is 92.3. The van der Waals surface area contributed by atoms with Crippen LogP contribution in [-0.2, 0) is 12.7 Å². The molecule has 19 aromatic rings. The molecule has 0 atom stereocenters. The van der Waals surface area contributed by atoms with Crippen LogP contribution in [0, 0.1) is 66.7 Å². The summed E-state index contributed by atoms with van der Waals surface area (Å²) in [6.07, 6.45) is 2.09. The first-order valence-corrected chi connectivity index (χ1v) is 42.0. The van der Waals surface area contributed by atoms with Crippen LogP contribution in [0.1, 0.15) is 62.7 Å². The molecule has 0 aliphatic heterocycles. The highest BCUT2D eigenvalue weighted by Gasteiger charge is 2.33. The van der Waals surface area contributed by atoms with E-state index in [9.17, 15) is 13.2 Å². The Labute approximate surface area is 767 Å². The Balaban J connectivity index is 0.000000127. The highest BCUT2D eigenvalue weighted by atomic mass is 35.5. The Morgan fingerprint density at radius 3 is 1.13 bits per heavy atom. The lowest BCUT2D eigenvalue weighted by molar-refractivity contribution is -0.138. The van der Waals surface area contributed by atoms with E-state index in [0.29, 0.717) is 81.1 Å². The molecule has 0 radical (unpaired) electrons. The van der Waals surface area contributed by atoms with E-state index >= 15 is 0 Å². The fourth-order valence-corrected chi connectivity index (χ4v) is 14.6. The van der Waals surface area contributed by atoms with Gasteiger partial charge < -0.3 is 50.8 Å². The Morgan fingerprint density at radius 1 is 0.364 bits per heavy atom. The third-order valence-electron chi connectivity index (χ3n) is 20.2. The number of nitriles is 1. The summed E-state index contributed by atoms with van der Waals surface area (Å²) in [6, 6.07) is 63.0. The summed E-state index contributed by atoms with van der Waals surface area (Å²) in [6.45, 7) is 17.9. The number of methoxy groups -OCH3 is 5. The van der Waals surface area contributed by atoms with Gasteiger partial charge in [-0.25, -0.2) is 4.98 Å². The maximum Gasteiger partial charge on any atom is 0.416 e. The fraction of sp³-hybridized carbons (Fsp3) is 0.165. The Morgan fingerprint density at radius 2 is 0.720 bits per heavy atom. The van der Waals surface area contributed by atoms with Crippen molar-refractivity contribution >= 4 is 44.6 Å². The molecule has 0 bridgehead atoms. The maximum absolute atomic E-state index is 12.9. The van der Waals surface area contributed by atoms with Crippen molar-refractivity contribution in [3.63, 3.8) is 0 Å². The lowest BCUT2D eigenvalue weighted by atomic mass is 10.0. The highest BCUT2D eigenvalue weighted by Crippen LogP contribution is 2.39. The second-order valence-electron chi connectivity index (χ2n) is 29.2. The summed E-state index contributed by atoms with van der Waals surface area (Å²) in [5.41, 5.74) is 15.3. The number of pyridine rings is 3. The van der Waals surface area contributed by atoms with Crippen LogP contribution in [0.2, 0.25) is 10.3 Å². The molecule has 132 heavy (non-hydrogen) atoms. The number of ether oxygens (including phenoxy) is 5. The lowest BCUT2D eigenvalue weighted by Gasteiger charge is -2.10. The van der Waals surface area contributed by atoms with Crippen LogP contribution in [0.15, 0.2) is 252 Å². The predicted octanol–water partition coefficient (Wildman–Crippen LogP) is 23.7. The molecule has 666 valence electrons. The van der Waals surface area contributed by atoms with Gasteiger partial charge in [0.25, 0.3) is 35.3 Å². The summed E-state index contributed by atoms with van der Waals surface area (Å²) >= 11 is 13.4. The third kappa shape index (κ3) is 22.2. The lowest BCUT2D eigenvalue weighted by Crippen LogP contribution is -2.07. The van der Waals surface area contributed by atoms with Crippen molar-refractivity contribution in [2.24, 2.45) is 0 Å². The van der Waals surface area contributed by atoms with E-state index in [2.05, 4.69) is 105 Å². The van der Waals surface area contributed by atoms with Crippen LogP contribution < -0.4 is 23.7 Å². The van der Waals surface area contributed by atoms with Gasteiger partial charge in [-0.05, 0) is 222 Å². The molecule has 0 unspecified atom stereocenters. The monoisotopic (exact) mass is 1830 g/mol. The minimum Gasteiger partial charge on any atom is -0.496 e. The van der Waals surface area contributed by atoms with Crippen molar-refractivity contribution in [1.82, 2.24) is 85.6 Å². The maximum atomic E-state index is 12.9. The van der Waals surface area contributed by atoms with Crippen LogP contribution in [-0.4, -0.2) is 121 Å². The third-order valence-corrected chi connectivity index (χ3v) is 21.7. The highest BCUT2D eigenvalue weighted by molar-refractivity contribution is 7.22. The number of hydrogen-bond acceptors (Lipinski definition) is 29. The zero-order valence-corrected chi connectivity index (χ0v) is 75.7. The van der Waals surface area contributed by atoms with Crippen molar-refractivity contribution in [3.8, 4) is 171 Å². The standard InChI is InChI=1S/C18H15N3O2.C18H14N2O2S.C16H18N4O2.C15H11Cl2N3O2.C15H10F3N3O.C15H13N3O2/c1-11-4-5-13(9-16(11)22-3)17-20-18(23-21-17)14-6-7-15(10-19)12(2)8-14;1-11-7-8-13(9-14(11)21-2)17-19-18(22-20-17)16-10-12-5-3-4-6-15(12)23-16;1-5-20-13(8-11(3)18-20)16-17-15(19-22-16)12-7-6-10(2)14(9-12)21-4;1-8-3-4-9(5-11(8)21-2)14-19-15(22-20-14)10-6-12(16)18-13(17)7-10;1-9-2-3-11(8-12(9)15(16,17)18)14-20-13(21-22-14)10-4-6-19-7-5-10;1-10-3-4-12(9-13(10)19-2)14-17-15(20-18-14)11-5-7-16-8-6-11/h4-9H,1-3H3;3-10H,1-2H3;6-9H,5H2,1-4H3;3-7H,1-2H3;2-8H,1H3;3-9H,1-2H3. The van der Waals surface area contributed by atoms with Crippen LogP contribution >= 0.6 is 34.5 Å². The van der Waals surface area contributed by atoms with E-state index in [-0.39, 0.29) is 27.3 Å². The smallest absolute Gasteiger partial charge is 0.416 e. The van der Waals surface area contributed by atoms with Gasteiger partial charge >= 0.3 is 6.18 Å². The second-order valence-corrected chi connectivity index (χ2v) is 31.1. The molecular formula is C97H81Cl2F3N18O11S. The number of hydrogen-bond donors (Lipinski definition) is 0. The zero-order valence-electron chi connectivity index (χ0n) is 73.4. The summed E-state index contributed by atoms with van der Waals surface area (Å²) in [4.78, 5) is 39.0. The number of nitrogens with zero attached hydrogens (tertiary/aromatic N) is 18. The first-order chi connectivity index (χ1) is 63.8. The van der Waals surface area contributed by atoms with Gasteiger partial charge in [0.1, 0.15) is 44.7 Å². The molecule has 19 rings (SSSR count). The van der Waals surface area contributed by atoms with Crippen molar-refractivity contribution < 1.29 is 64.0 Å². The van der Waals surface area contributed by atoms with Crippen molar-refractivity contribution in [3.05, 3.63) is 291 Å². The zero-order chi connectivity index (χ0) is 93.3. The number of fused-ring (bicyclic) bond motifs is 1. The van der Waals surface area contributed by atoms with Gasteiger partial charge in [-0.15, -0.1) is 11.3 Å². The number of benzene rings is 8. The van der Waals surface area contributed by atoms with E-state index < -0.39 is 11.7 Å². The molecule has 29 nitrogen and oxygen atoms in total. The molecule has 11 aromatic heterocycles. The Bertz CT molecular complexity index is 7190.